The summed E-state index contributed by atoms with van der Waals surface area (Å²) in [4.78, 5) is 24.2. The largest absolute Gasteiger partial charge is 0.496 e. The van der Waals surface area contributed by atoms with Crippen LogP contribution in [0.1, 0.15) is 6.92 Å². The quantitative estimate of drug-likeness (QED) is 0.384. The Kier molecular flexibility index (Phi) is 4.19. The molecule has 6 nitrogen and oxygen atoms in total. The minimum atomic E-state index is -0.502. The highest BCUT2D eigenvalue weighted by Gasteiger charge is 2.21. The van der Waals surface area contributed by atoms with Crippen LogP contribution >= 0.6 is 15.9 Å². The maximum absolute atomic E-state index is 12.9. The van der Waals surface area contributed by atoms with Crippen molar-refractivity contribution in [2.45, 2.75) is 6.92 Å². The first-order valence-electron chi connectivity index (χ1n) is 6.96. The van der Waals surface area contributed by atoms with E-state index in [2.05, 4.69) is 15.9 Å². The highest BCUT2D eigenvalue weighted by atomic mass is 79.9. The predicted molar refractivity (Wildman–Crippen MR) is 92.1 cm³/mol. The fraction of sp³-hybridized carbons (Fsp3) is 0.176. The van der Waals surface area contributed by atoms with Gasteiger partial charge in [0.1, 0.15) is 15.6 Å². The van der Waals surface area contributed by atoms with E-state index in [9.17, 15) is 9.59 Å². The smallest absolute Gasteiger partial charge is 0.308 e. The van der Waals surface area contributed by atoms with Gasteiger partial charge in [-0.1, -0.05) is 6.07 Å². The number of esters is 1. The molecule has 24 heavy (non-hydrogen) atoms. The monoisotopic (exact) mass is 392 g/mol. The fourth-order valence-electron chi connectivity index (χ4n) is 2.49. The van der Waals surface area contributed by atoms with Gasteiger partial charge >= 0.3 is 5.97 Å². The summed E-state index contributed by atoms with van der Waals surface area (Å²) in [5, 5.41) is 0.619. The van der Waals surface area contributed by atoms with Crippen molar-refractivity contribution in [1.82, 2.24) is 0 Å². The zero-order chi connectivity index (χ0) is 17.4. The molecular weight excluding hydrogens is 380 g/mol. The molecule has 3 rings (SSSR count). The van der Waals surface area contributed by atoms with Gasteiger partial charge in [0.15, 0.2) is 22.7 Å². The number of para-hydroxylation sites is 1. The van der Waals surface area contributed by atoms with Gasteiger partial charge in [-0.25, -0.2) is 0 Å². The third-order valence-corrected chi connectivity index (χ3v) is 4.25. The molecule has 0 saturated carbocycles. The molecule has 0 radical (unpaired) electrons. The molecule has 2 aromatic carbocycles. The summed E-state index contributed by atoms with van der Waals surface area (Å²) >= 11 is 3.33. The van der Waals surface area contributed by atoms with Crippen LogP contribution in [-0.4, -0.2) is 20.2 Å². The topological polar surface area (TPSA) is 75.0 Å². The summed E-state index contributed by atoms with van der Waals surface area (Å²) in [6, 6.07) is 6.52. The van der Waals surface area contributed by atoms with Gasteiger partial charge in [-0.3, -0.25) is 9.59 Å². The van der Waals surface area contributed by atoms with Crippen molar-refractivity contribution < 1.29 is 23.4 Å². The van der Waals surface area contributed by atoms with E-state index >= 15 is 0 Å². The van der Waals surface area contributed by atoms with Gasteiger partial charge in [-0.05, 0) is 28.1 Å². The third kappa shape index (κ3) is 2.50. The van der Waals surface area contributed by atoms with Crippen molar-refractivity contribution >= 4 is 43.8 Å². The average Bonchev–Trinajstić information content (AvgIpc) is 2.57. The Balaban J connectivity index is 2.51. The van der Waals surface area contributed by atoms with Gasteiger partial charge in [0.05, 0.1) is 19.6 Å². The Hall–Kier alpha value is -2.54. The number of halogens is 1. The number of rotatable bonds is 3. The first kappa shape index (κ1) is 16.3. The van der Waals surface area contributed by atoms with Crippen LogP contribution < -0.4 is 19.6 Å². The second-order valence-electron chi connectivity index (χ2n) is 4.96. The van der Waals surface area contributed by atoms with E-state index in [1.165, 1.54) is 27.2 Å². The number of benzene rings is 2. The number of hydrogen-bond donors (Lipinski definition) is 0. The Labute approximate surface area is 145 Å². The van der Waals surface area contributed by atoms with Gasteiger partial charge < -0.3 is 18.6 Å². The average molecular weight is 393 g/mol. The van der Waals surface area contributed by atoms with Gasteiger partial charge in [-0.15, -0.1) is 0 Å². The molecule has 1 aromatic heterocycles. The number of methoxy groups -OCH3 is 2. The Morgan fingerprint density at radius 3 is 2.42 bits per heavy atom. The summed E-state index contributed by atoms with van der Waals surface area (Å²) in [6.07, 6.45) is 0. The van der Waals surface area contributed by atoms with Crippen molar-refractivity contribution in [3.63, 3.8) is 0 Å². The Morgan fingerprint density at radius 1 is 1.08 bits per heavy atom. The van der Waals surface area contributed by atoms with Gasteiger partial charge in [0.2, 0.25) is 5.43 Å². The maximum Gasteiger partial charge on any atom is 0.308 e. The summed E-state index contributed by atoms with van der Waals surface area (Å²) < 4.78 is 21.9. The summed E-state index contributed by atoms with van der Waals surface area (Å²) in [5.41, 5.74) is 0.255. The Bertz CT molecular complexity index is 1020. The first-order valence-corrected chi connectivity index (χ1v) is 7.75. The molecule has 0 N–H and O–H groups in total. The molecule has 3 aromatic rings. The van der Waals surface area contributed by atoms with Crippen LogP contribution in [0.3, 0.4) is 0 Å². The van der Waals surface area contributed by atoms with Crippen LogP contribution in [0.15, 0.2) is 37.9 Å². The fourth-order valence-corrected chi connectivity index (χ4v) is 2.96. The van der Waals surface area contributed by atoms with Crippen LogP contribution in [0.2, 0.25) is 0 Å². The van der Waals surface area contributed by atoms with Crippen LogP contribution in [0, 0.1) is 0 Å². The molecule has 0 unspecified atom stereocenters. The standard InChI is InChI=1S/C17H13BrO6/c1-8(19)23-12-7-11(22-3)13-15(20)9-5-4-6-10(21-2)16(9)24-17(13)14(12)18/h4-7H,1-3H3. The molecule has 1 heterocycles. The SMILES string of the molecule is COc1cccc2c(=O)c3c(OC)cc(OC(C)=O)c(Br)c3oc12. The first-order chi connectivity index (χ1) is 11.5. The normalized spacial score (nSPS) is 10.8. The van der Waals surface area contributed by atoms with Gasteiger partial charge in [0.25, 0.3) is 0 Å². The number of fused-ring (bicyclic) bond motifs is 2. The van der Waals surface area contributed by atoms with Crippen LogP contribution in [0.4, 0.5) is 0 Å². The molecule has 0 aliphatic rings. The minimum Gasteiger partial charge on any atom is -0.496 e. The van der Waals surface area contributed by atoms with Gasteiger partial charge in [-0.2, -0.15) is 0 Å². The second-order valence-corrected chi connectivity index (χ2v) is 5.75. The van der Waals surface area contributed by atoms with E-state index in [0.717, 1.165) is 0 Å². The van der Waals surface area contributed by atoms with Crippen molar-refractivity contribution in [2.24, 2.45) is 0 Å². The molecule has 0 saturated heterocycles. The lowest BCUT2D eigenvalue weighted by Crippen LogP contribution is -2.07. The molecular formula is C17H13BrO6. The highest BCUT2D eigenvalue weighted by Crippen LogP contribution is 2.40. The molecule has 124 valence electrons. The summed E-state index contributed by atoms with van der Waals surface area (Å²) in [6.45, 7) is 1.28. The maximum atomic E-state index is 12.9. The van der Waals surface area contributed by atoms with Crippen LogP contribution in [0.5, 0.6) is 17.2 Å². The molecule has 0 fully saturated rings. The van der Waals surface area contributed by atoms with Crippen LogP contribution in [0.25, 0.3) is 21.9 Å². The van der Waals surface area contributed by atoms with E-state index in [4.69, 9.17) is 18.6 Å². The predicted octanol–water partition coefficient (Wildman–Crippen LogP) is 3.65. The van der Waals surface area contributed by atoms with E-state index in [1.54, 1.807) is 18.2 Å². The van der Waals surface area contributed by atoms with Crippen molar-refractivity contribution in [3.05, 3.63) is 39.0 Å². The van der Waals surface area contributed by atoms with E-state index < -0.39 is 5.97 Å². The molecule has 0 spiro atoms. The summed E-state index contributed by atoms with van der Waals surface area (Å²) in [7, 11) is 2.92. The third-order valence-electron chi connectivity index (χ3n) is 3.50. The zero-order valence-corrected chi connectivity index (χ0v) is 14.7. The molecule has 7 heteroatoms. The molecule has 0 atom stereocenters. The van der Waals surface area contributed by atoms with E-state index in [-0.39, 0.29) is 27.9 Å². The molecule has 0 aliphatic carbocycles. The number of carbonyl (C=O) groups is 1. The Morgan fingerprint density at radius 2 is 1.79 bits per heavy atom. The number of ether oxygens (including phenoxy) is 3. The number of carbonyl (C=O) groups excluding carboxylic acids is 1. The molecule has 0 bridgehead atoms. The van der Waals surface area contributed by atoms with E-state index in [1.807, 2.05) is 0 Å². The number of hydrogen-bond acceptors (Lipinski definition) is 6. The van der Waals surface area contributed by atoms with Crippen LogP contribution in [-0.2, 0) is 4.79 Å². The highest BCUT2D eigenvalue weighted by molar-refractivity contribution is 9.10. The van der Waals surface area contributed by atoms with Crippen molar-refractivity contribution in [3.8, 4) is 17.2 Å². The lowest BCUT2D eigenvalue weighted by Gasteiger charge is -2.12. The van der Waals surface area contributed by atoms with Crippen molar-refractivity contribution in [1.29, 1.82) is 0 Å². The molecule has 0 amide bonds. The zero-order valence-electron chi connectivity index (χ0n) is 13.1. The molecule has 0 aliphatic heterocycles. The minimum absolute atomic E-state index is 0.198. The van der Waals surface area contributed by atoms with E-state index in [0.29, 0.717) is 21.2 Å². The lowest BCUT2D eigenvalue weighted by molar-refractivity contribution is -0.131. The van der Waals surface area contributed by atoms with Crippen molar-refractivity contribution in [2.75, 3.05) is 14.2 Å². The van der Waals surface area contributed by atoms with Gasteiger partial charge in [0, 0.05) is 13.0 Å². The summed E-state index contributed by atoms with van der Waals surface area (Å²) in [5.74, 6) is 0.375. The lowest BCUT2D eigenvalue weighted by atomic mass is 10.1. The second kappa shape index (κ2) is 6.16.